The molecule has 0 aliphatic heterocycles. The van der Waals surface area contributed by atoms with Crippen LogP contribution < -0.4 is 21.5 Å². The highest BCUT2D eigenvalue weighted by Crippen LogP contribution is 2.19. The number of halogens is 2. The lowest BCUT2D eigenvalue weighted by Crippen LogP contribution is -3.00. The zero-order valence-corrected chi connectivity index (χ0v) is 13.2. The molecule has 19 heavy (non-hydrogen) atoms. The topological polar surface area (TPSA) is 46.1 Å². The molecule has 0 aliphatic carbocycles. The molecule has 1 aromatic carbocycles. The van der Waals surface area contributed by atoms with Crippen molar-refractivity contribution in [2.75, 3.05) is 0 Å². The maximum Gasteiger partial charge on any atom is 0.307 e. The van der Waals surface area contributed by atoms with Gasteiger partial charge < -0.3 is 22.1 Å². The number of rotatable bonds is 4. The second-order valence-corrected chi connectivity index (χ2v) is 4.66. The first-order valence-corrected chi connectivity index (χ1v) is 6.32. The molecule has 0 aliphatic rings. The normalized spacial score (nSPS) is 10.5. The van der Waals surface area contributed by atoms with Gasteiger partial charge in [-0.25, -0.2) is 9.13 Å². The highest BCUT2D eigenvalue weighted by atomic mass is 79.9. The maximum atomic E-state index is 10.7. The number of fused-ring (bicyclic) bond motifs is 1. The Hall–Kier alpha value is -1.07. The van der Waals surface area contributed by atoms with Crippen LogP contribution in [0, 0.1) is 6.92 Å². The molecule has 0 radical (unpaired) electrons. The Morgan fingerprint density at radius 1 is 1.47 bits per heavy atom. The van der Waals surface area contributed by atoms with E-state index in [1.54, 1.807) is 0 Å². The summed E-state index contributed by atoms with van der Waals surface area (Å²) in [6.45, 7) is 5.39. The van der Waals surface area contributed by atoms with Crippen molar-refractivity contribution in [2.45, 2.75) is 33.4 Å². The molecule has 0 saturated heterocycles. The van der Waals surface area contributed by atoms with Gasteiger partial charge in [-0.05, 0) is 19.1 Å². The Kier molecular flexibility index (Phi) is 5.38. The summed E-state index contributed by atoms with van der Waals surface area (Å²) in [4.78, 5) is 10.7. The van der Waals surface area contributed by atoms with Crippen molar-refractivity contribution in [1.82, 2.24) is 4.57 Å². The van der Waals surface area contributed by atoms with Crippen LogP contribution in [0.2, 0.25) is 5.02 Å². The van der Waals surface area contributed by atoms with E-state index in [0.717, 1.165) is 23.4 Å². The largest absolute Gasteiger partial charge is 1.00 e. The highest BCUT2D eigenvalue weighted by Gasteiger charge is 2.21. The van der Waals surface area contributed by atoms with Crippen molar-refractivity contribution < 1.29 is 31.4 Å². The van der Waals surface area contributed by atoms with Crippen LogP contribution in [0.1, 0.15) is 19.2 Å². The van der Waals surface area contributed by atoms with Gasteiger partial charge in [0.05, 0.1) is 13.0 Å². The van der Waals surface area contributed by atoms with E-state index >= 15 is 0 Å². The standard InChI is InChI=1S/C13H15ClN2O2.BrH/c1-3-15-9(2)16(7-6-13(17)18)12-8-10(14)4-5-11(12)15;/h4-5,8H,3,6-7H2,1-2H3;1H. The number of nitrogens with zero attached hydrogens (tertiary/aromatic N) is 2. The second-order valence-electron chi connectivity index (χ2n) is 4.22. The molecule has 2 rings (SSSR count). The first-order valence-electron chi connectivity index (χ1n) is 5.94. The van der Waals surface area contributed by atoms with Crippen LogP contribution in [0.5, 0.6) is 0 Å². The Morgan fingerprint density at radius 2 is 2.16 bits per heavy atom. The molecule has 0 bridgehead atoms. The number of hydrogen-bond donors (Lipinski definition) is 1. The summed E-state index contributed by atoms with van der Waals surface area (Å²) in [5.41, 5.74) is 2.08. The molecule has 0 spiro atoms. The van der Waals surface area contributed by atoms with Crippen LogP contribution in [0.25, 0.3) is 11.0 Å². The van der Waals surface area contributed by atoms with Crippen LogP contribution in [-0.4, -0.2) is 15.6 Å². The molecule has 0 amide bonds. The van der Waals surface area contributed by atoms with Gasteiger partial charge in [-0.15, -0.1) is 0 Å². The van der Waals surface area contributed by atoms with Crippen molar-refractivity contribution in [3.63, 3.8) is 0 Å². The first kappa shape index (κ1) is 16.0. The lowest BCUT2D eigenvalue weighted by atomic mass is 10.3. The SMILES string of the molecule is CC[n+]1c(C)n(CCC(=O)O)c2cc(Cl)ccc21.[Br-]. The van der Waals surface area contributed by atoms with E-state index in [1.807, 2.05) is 29.7 Å². The lowest BCUT2D eigenvalue weighted by molar-refractivity contribution is -0.674. The average molecular weight is 348 g/mol. The molecule has 1 N–H and O–H groups in total. The van der Waals surface area contributed by atoms with Crippen LogP contribution in [0.4, 0.5) is 0 Å². The van der Waals surface area contributed by atoms with E-state index in [0.29, 0.717) is 11.6 Å². The molecule has 2 aromatic rings. The van der Waals surface area contributed by atoms with E-state index in [-0.39, 0.29) is 23.4 Å². The molecule has 0 unspecified atom stereocenters. The minimum Gasteiger partial charge on any atom is -1.00 e. The number of benzene rings is 1. The Bertz CT molecular complexity index is 610. The minimum absolute atomic E-state index is 0. The van der Waals surface area contributed by atoms with Crippen molar-refractivity contribution in [1.29, 1.82) is 0 Å². The third kappa shape index (κ3) is 3.09. The van der Waals surface area contributed by atoms with E-state index in [9.17, 15) is 4.79 Å². The predicted molar refractivity (Wildman–Crippen MR) is 69.8 cm³/mol. The average Bonchev–Trinajstić information content (AvgIpc) is 2.57. The highest BCUT2D eigenvalue weighted by molar-refractivity contribution is 6.31. The zero-order chi connectivity index (χ0) is 13.3. The molecule has 0 fully saturated rings. The van der Waals surface area contributed by atoms with Gasteiger partial charge in [0.1, 0.15) is 6.54 Å². The third-order valence-corrected chi connectivity index (χ3v) is 3.40. The first-order chi connectivity index (χ1) is 8.54. The monoisotopic (exact) mass is 346 g/mol. The number of imidazole rings is 1. The smallest absolute Gasteiger partial charge is 0.307 e. The quantitative estimate of drug-likeness (QED) is 0.750. The summed E-state index contributed by atoms with van der Waals surface area (Å²) < 4.78 is 4.17. The summed E-state index contributed by atoms with van der Waals surface area (Å²) in [5.74, 6) is 0.261. The van der Waals surface area contributed by atoms with Crippen LogP contribution in [0.15, 0.2) is 18.2 Å². The number of aromatic nitrogens is 2. The zero-order valence-electron chi connectivity index (χ0n) is 10.9. The predicted octanol–water partition coefficient (Wildman–Crippen LogP) is -0.611. The van der Waals surface area contributed by atoms with Gasteiger partial charge in [-0.3, -0.25) is 4.79 Å². The van der Waals surface area contributed by atoms with Crippen LogP contribution >= 0.6 is 11.6 Å². The summed E-state index contributed by atoms with van der Waals surface area (Å²) in [5, 5.41) is 9.48. The lowest BCUT2D eigenvalue weighted by Gasteiger charge is -1.98. The maximum absolute atomic E-state index is 10.7. The summed E-state index contributed by atoms with van der Waals surface area (Å²) >= 11 is 6.02. The van der Waals surface area contributed by atoms with E-state index in [2.05, 4.69) is 11.5 Å². The van der Waals surface area contributed by atoms with Crippen LogP contribution in [0.3, 0.4) is 0 Å². The molecule has 0 saturated carbocycles. The number of aliphatic carboxylic acids is 1. The van der Waals surface area contributed by atoms with Crippen molar-refractivity contribution in [3.05, 3.63) is 29.0 Å². The minimum atomic E-state index is -0.790. The van der Waals surface area contributed by atoms with E-state index in [4.69, 9.17) is 16.7 Å². The fourth-order valence-corrected chi connectivity index (χ4v) is 2.49. The molecule has 104 valence electrons. The molecule has 1 heterocycles. The number of carboxylic acids is 1. The number of carboxylic acid groups (broad SMARTS) is 1. The molecule has 1 aromatic heterocycles. The second kappa shape index (κ2) is 6.39. The Labute approximate surface area is 127 Å². The Balaban J connectivity index is 0.00000180. The van der Waals surface area contributed by atoms with Gasteiger partial charge in [0, 0.05) is 18.0 Å². The van der Waals surface area contributed by atoms with E-state index < -0.39 is 5.97 Å². The molecule has 4 nitrogen and oxygen atoms in total. The van der Waals surface area contributed by atoms with Crippen molar-refractivity contribution in [2.24, 2.45) is 0 Å². The fourth-order valence-electron chi connectivity index (χ4n) is 2.32. The molecular formula is C13H16BrClN2O2. The van der Waals surface area contributed by atoms with Crippen molar-refractivity contribution >= 4 is 28.6 Å². The number of carbonyl (C=O) groups is 1. The number of aryl methyl sites for hydroxylation is 2. The molecule has 0 atom stereocenters. The molecular weight excluding hydrogens is 332 g/mol. The third-order valence-electron chi connectivity index (χ3n) is 3.17. The van der Waals surface area contributed by atoms with Gasteiger partial charge >= 0.3 is 5.97 Å². The fraction of sp³-hybridized carbons (Fsp3) is 0.385. The number of hydrogen-bond acceptors (Lipinski definition) is 1. The summed E-state index contributed by atoms with van der Waals surface area (Å²) in [6.07, 6.45) is 0.112. The van der Waals surface area contributed by atoms with Gasteiger partial charge in [0.15, 0.2) is 11.0 Å². The van der Waals surface area contributed by atoms with Gasteiger partial charge in [0.2, 0.25) is 0 Å². The Morgan fingerprint density at radius 3 is 2.74 bits per heavy atom. The summed E-state index contributed by atoms with van der Waals surface area (Å²) in [6, 6.07) is 5.72. The van der Waals surface area contributed by atoms with Gasteiger partial charge in [-0.1, -0.05) is 11.6 Å². The molecule has 6 heteroatoms. The summed E-state index contributed by atoms with van der Waals surface area (Å²) in [7, 11) is 0. The van der Waals surface area contributed by atoms with Crippen molar-refractivity contribution in [3.8, 4) is 0 Å². The van der Waals surface area contributed by atoms with Gasteiger partial charge in [-0.2, -0.15) is 0 Å². The van der Waals surface area contributed by atoms with Crippen LogP contribution in [-0.2, 0) is 17.9 Å². The van der Waals surface area contributed by atoms with Gasteiger partial charge in [0.25, 0.3) is 5.82 Å². The van der Waals surface area contributed by atoms with E-state index in [1.165, 1.54) is 0 Å².